The Hall–Kier alpha value is -1.44. The number of hydrogen-bond acceptors (Lipinski definition) is 2. The summed E-state index contributed by atoms with van der Waals surface area (Å²) in [6, 6.07) is 7.07. The lowest BCUT2D eigenvalue weighted by molar-refractivity contribution is 0.0833. The van der Waals surface area contributed by atoms with Gasteiger partial charge < -0.3 is 0 Å². The van der Waals surface area contributed by atoms with Crippen LogP contribution in [0.1, 0.15) is 61.8 Å². The fourth-order valence-electron chi connectivity index (χ4n) is 1.70. The van der Waals surface area contributed by atoms with Crippen molar-refractivity contribution in [1.82, 2.24) is 0 Å². The minimum absolute atomic E-state index is 0.0467. The highest BCUT2D eigenvalue weighted by Gasteiger charge is 2.26. The lowest BCUT2D eigenvalue weighted by Crippen LogP contribution is -2.23. The highest BCUT2D eigenvalue weighted by atomic mass is 16.1. The van der Waals surface area contributed by atoms with Gasteiger partial charge in [0.05, 0.1) is 0 Å². The van der Waals surface area contributed by atoms with Crippen LogP contribution in [0.25, 0.3) is 0 Å². The molecule has 0 aromatic heterocycles. The van der Waals surface area contributed by atoms with Gasteiger partial charge in [-0.15, -0.1) is 0 Å². The molecule has 0 radical (unpaired) electrons. The smallest absolute Gasteiger partial charge is 0.168 e. The van der Waals surface area contributed by atoms with E-state index in [1.54, 1.807) is 24.3 Å². The van der Waals surface area contributed by atoms with Crippen molar-refractivity contribution in [2.24, 2.45) is 11.3 Å². The third-order valence-electron chi connectivity index (χ3n) is 3.43. The van der Waals surface area contributed by atoms with Crippen LogP contribution in [0.3, 0.4) is 0 Å². The Bertz CT molecular complexity index is 456. The molecule has 18 heavy (non-hydrogen) atoms. The van der Waals surface area contributed by atoms with E-state index in [0.717, 1.165) is 6.42 Å². The monoisotopic (exact) mass is 246 g/mol. The number of hydrogen-bond donors (Lipinski definition) is 0. The minimum atomic E-state index is -0.375. The molecule has 1 aromatic rings. The molecule has 0 N–H and O–H groups in total. The third kappa shape index (κ3) is 3.06. The zero-order chi connectivity index (χ0) is 13.9. The Morgan fingerprint density at radius 2 is 1.72 bits per heavy atom. The van der Waals surface area contributed by atoms with Crippen molar-refractivity contribution in [3.63, 3.8) is 0 Å². The summed E-state index contributed by atoms with van der Waals surface area (Å²) in [5.41, 5.74) is 0.885. The Kier molecular flexibility index (Phi) is 4.44. The second-order valence-corrected chi connectivity index (χ2v) is 5.67. The molecule has 0 aliphatic carbocycles. The van der Waals surface area contributed by atoms with Crippen LogP contribution < -0.4 is 0 Å². The van der Waals surface area contributed by atoms with E-state index in [0.29, 0.717) is 11.1 Å². The van der Waals surface area contributed by atoms with Crippen LogP contribution in [-0.4, -0.2) is 11.6 Å². The molecule has 0 aliphatic heterocycles. The molecule has 0 bridgehead atoms. The summed E-state index contributed by atoms with van der Waals surface area (Å²) >= 11 is 0. The summed E-state index contributed by atoms with van der Waals surface area (Å²) < 4.78 is 0. The largest absolute Gasteiger partial charge is 0.294 e. The second-order valence-electron chi connectivity index (χ2n) is 5.67. The second kappa shape index (κ2) is 5.47. The predicted octanol–water partition coefficient (Wildman–Crippen LogP) is 4.14. The molecule has 2 heteroatoms. The van der Waals surface area contributed by atoms with Gasteiger partial charge in [-0.1, -0.05) is 52.8 Å². The van der Waals surface area contributed by atoms with Gasteiger partial charge in [-0.25, -0.2) is 0 Å². The van der Waals surface area contributed by atoms with Crippen LogP contribution in [0.4, 0.5) is 0 Å². The average molecular weight is 246 g/mol. The molecule has 2 nitrogen and oxygen atoms in total. The molecular weight excluding hydrogens is 224 g/mol. The summed E-state index contributed by atoms with van der Waals surface area (Å²) in [4.78, 5) is 24.3. The molecule has 0 spiro atoms. The lowest BCUT2D eigenvalue weighted by Gasteiger charge is -2.21. The van der Waals surface area contributed by atoms with Crippen LogP contribution in [-0.2, 0) is 0 Å². The zero-order valence-electron chi connectivity index (χ0n) is 11.9. The summed E-state index contributed by atoms with van der Waals surface area (Å²) in [6.07, 6.45) is 0.786. The highest BCUT2D eigenvalue weighted by molar-refractivity contribution is 6.03. The molecule has 0 aliphatic rings. The number of benzene rings is 1. The van der Waals surface area contributed by atoms with E-state index in [-0.39, 0.29) is 22.9 Å². The summed E-state index contributed by atoms with van der Waals surface area (Å²) in [6.45, 7) is 9.61. The van der Waals surface area contributed by atoms with Gasteiger partial charge in [-0.05, 0) is 12.5 Å². The molecule has 1 aromatic carbocycles. The van der Waals surface area contributed by atoms with Crippen molar-refractivity contribution in [2.75, 3.05) is 0 Å². The molecular formula is C16H22O2. The van der Waals surface area contributed by atoms with Crippen LogP contribution in [0.2, 0.25) is 0 Å². The van der Waals surface area contributed by atoms with E-state index in [9.17, 15) is 9.59 Å². The molecule has 0 saturated carbocycles. The van der Waals surface area contributed by atoms with E-state index in [4.69, 9.17) is 0 Å². The molecule has 98 valence electrons. The summed E-state index contributed by atoms with van der Waals surface area (Å²) in [5.74, 6) is 0.136. The van der Waals surface area contributed by atoms with Crippen molar-refractivity contribution in [3.8, 4) is 0 Å². The van der Waals surface area contributed by atoms with Gasteiger partial charge in [0.1, 0.15) is 0 Å². The maximum atomic E-state index is 12.3. The number of carbonyl (C=O) groups excluding carboxylic acids is 2. The average Bonchev–Trinajstić information content (AvgIpc) is 2.36. The first-order valence-corrected chi connectivity index (χ1v) is 6.48. The first-order chi connectivity index (χ1) is 8.29. The maximum absolute atomic E-state index is 12.3. The van der Waals surface area contributed by atoms with Gasteiger partial charge in [0.15, 0.2) is 11.6 Å². The van der Waals surface area contributed by atoms with Gasteiger partial charge in [0, 0.05) is 22.5 Å². The van der Waals surface area contributed by atoms with Gasteiger partial charge in [0.25, 0.3) is 0 Å². The lowest BCUT2D eigenvalue weighted by atomic mass is 9.81. The number of carbonyl (C=O) groups is 2. The Morgan fingerprint density at radius 3 is 2.22 bits per heavy atom. The molecule has 0 fully saturated rings. The van der Waals surface area contributed by atoms with Crippen molar-refractivity contribution in [1.29, 1.82) is 0 Å². The normalized spacial score (nSPS) is 11.7. The van der Waals surface area contributed by atoms with E-state index < -0.39 is 0 Å². The third-order valence-corrected chi connectivity index (χ3v) is 3.43. The topological polar surface area (TPSA) is 34.1 Å². The van der Waals surface area contributed by atoms with Crippen LogP contribution in [0.15, 0.2) is 24.3 Å². The number of rotatable bonds is 5. The molecule has 0 amide bonds. The van der Waals surface area contributed by atoms with E-state index in [1.165, 1.54) is 0 Å². The van der Waals surface area contributed by atoms with Crippen molar-refractivity contribution >= 4 is 11.6 Å². The van der Waals surface area contributed by atoms with E-state index in [2.05, 4.69) is 0 Å². The fourth-order valence-corrected chi connectivity index (χ4v) is 1.70. The first-order valence-electron chi connectivity index (χ1n) is 6.48. The van der Waals surface area contributed by atoms with E-state index >= 15 is 0 Å². The van der Waals surface area contributed by atoms with Crippen LogP contribution in [0, 0.1) is 11.3 Å². The molecule has 0 unspecified atom stereocenters. The molecule has 1 rings (SSSR count). The van der Waals surface area contributed by atoms with Crippen molar-refractivity contribution in [2.45, 2.75) is 41.0 Å². The number of ketones is 2. The Morgan fingerprint density at radius 1 is 1.17 bits per heavy atom. The van der Waals surface area contributed by atoms with Crippen molar-refractivity contribution < 1.29 is 9.59 Å². The standard InChI is InChI=1S/C16H22O2/c1-6-16(4,5)15(18)13-9-7-8-12(10-13)14(17)11(2)3/h7-11H,6H2,1-5H3. The Balaban J connectivity index is 3.10. The fraction of sp³-hybridized carbons (Fsp3) is 0.500. The van der Waals surface area contributed by atoms with E-state index in [1.807, 2.05) is 34.6 Å². The summed E-state index contributed by atoms with van der Waals surface area (Å²) in [5, 5.41) is 0. The molecule has 0 saturated heterocycles. The van der Waals surface area contributed by atoms with Crippen molar-refractivity contribution in [3.05, 3.63) is 35.4 Å². The van der Waals surface area contributed by atoms with Crippen LogP contribution >= 0.6 is 0 Å². The zero-order valence-corrected chi connectivity index (χ0v) is 11.9. The number of Topliss-reactive ketones (excluding diaryl/α,β-unsaturated/α-hetero) is 2. The van der Waals surface area contributed by atoms with Gasteiger partial charge in [-0.3, -0.25) is 9.59 Å². The maximum Gasteiger partial charge on any atom is 0.168 e. The van der Waals surface area contributed by atoms with Gasteiger partial charge in [0.2, 0.25) is 0 Å². The van der Waals surface area contributed by atoms with Gasteiger partial charge in [-0.2, -0.15) is 0 Å². The Labute approximate surface area is 109 Å². The summed E-state index contributed by atoms with van der Waals surface area (Å²) in [7, 11) is 0. The minimum Gasteiger partial charge on any atom is -0.294 e. The SMILES string of the molecule is CCC(C)(C)C(=O)c1cccc(C(=O)C(C)C)c1. The van der Waals surface area contributed by atoms with Crippen LogP contribution in [0.5, 0.6) is 0 Å². The predicted molar refractivity (Wildman–Crippen MR) is 74.0 cm³/mol. The van der Waals surface area contributed by atoms with Gasteiger partial charge >= 0.3 is 0 Å². The first kappa shape index (κ1) is 14.6. The quantitative estimate of drug-likeness (QED) is 0.731. The molecule has 0 heterocycles. The molecule has 0 atom stereocenters. The highest BCUT2D eigenvalue weighted by Crippen LogP contribution is 2.26.